The van der Waals surface area contributed by atoms with Crippen molar-refractivity contribution in [2.75, 3.05) is 13.6 Å². The Labute approximate surface area is 127 Å². The molecule has 2 N–H and O–H groups in total. The highest BCUT2D eigenvalue weighted by atomic mass is 32.2. The van der Waals surface area contributed by atoms with E-state index in [9.17, 15) is 8.42 Å². The van der Waals surface area contributed by atoms with Crippen LogP contribution in [0.5, 0.6) is 0 Å². The van der Waals surface area contributed by atoms with Gasteiger partial charge in [-0.25, -0.2) is 12.7 Å². The van der Waals surface area contributed by atoms with E-state index in [0.717, 1.165) is 24.8 Å². The van der Waals surface area contributed by atoms with Crippen molar-refractivity contribution < 1.29 is 8.42 Å². The van der Waals surface area contributed by atoms with Crippen molar-refractivity contribution in [3.8, 4) is 0 Å². The fourth-order valence-electron chi connectivity index (χ4n) is 1.87. The van der Waals surface area contributed by atoms with Gasteiger partial charge in [-0.3, -0.25) is 0 Å². The van der Waals surface area contributed by atoms with Crippen LogP contribution in [0.3, 0.4) is 0 Å². The lowest BCUT2D eigenvalue weighted by atomic mass is 10.1. The molecule has 0 aliphatic rings. The third kappa shape index (κ3) is 4.85. The van der Waals surface area contributed by atoms with Gasteiger partial charge in [-0.2, -0.15) is 0 Å². The van der Waals surface area contributed by atoms with Gasteiger partial charge < -0.3 is 5.73 Å². The van der Waals surface area contributed by atoms with Gasteiger partial charge in [0.15, 0.2) is 0 Å². The molecule has 112 valence electrons. The van der Waals surface area contributed by atoms with E-state index in [-0.39, 0.29) is 0 Å². The van der Waals surface area contributed by atoms with E-state index in [1.165, 1.54) is 4.31 Å². The van der Waals surface area contributed by atoms with Crippen molar-refractivity contribution in [3.63, 3.8) is 0 Å². The van der Waals surface area contributed by atoms with Gasteiger partial charge >= 0.3 is 0 Å². The smallest absolute Gasteiger partial charge is 0.242 e. The second kappa shape index (κ2) is 7.71. The van der Waals surface area contributed by atoms with Crippen molar-refractivity contribution in [1.82, 2.24) is 4.31 Å². The van der Waals surface area contributed by atoms with Gasteiger partial charge in [0.1, 0.15) is 0 Å². The second-order valence-electron chi connectivity index (χ2n) is 4.82. The molecule has 1 aromatic rings. The van der Waals surface area contributed by atoms with Gasteiger partial charge in [-0.15, -0.1) is 0 Å². The monoisotopic (exact) mass is 314 g/mol. The molecule has 0 fully saturated rings. The summed E-state index contributed by atoms with van der Waals surface area (Å²) in [5.74, 6) is 0. The van der Waals surface area contributed by atoms with Crippen LogP contribution in [-0.4, -0.2) is 31.3 Å². The Morgan fingerprint density at radius 2 is 1.85 bits per heavy atom. The van der Waals surface area contributed by atoms with Gasteiger partial charge in [0.25, 0.3) is 0 Å². The zero-order valence-corrected chi connectivity index (χ0v) is 13.6. The first-order valence-electron chi connectivity index (χ1n) is 6.71. The predicted molar refractivity (Wildman–Crippen MR) is 86.3 cm³/mol. The molecule has 0 bridgehead atoms. The highest BCUT2D eigenvalue weighted by Gasteiger charge is 2.19. The Morgan fingerprint density at radius 1 is 1.25 bits per heavy atom. The molecule has 0 unspecified atom stereocenters. The summed E-state index contributed by atoms with van der Waals surface area (Å²) >= 11 is 4.84. The van der Waals surface area contributed by atoms with Crippen molar-refractivity contribution in [3.05, 3.63) is 29.8 Å². The molecule has 0 radical (unpaired) electrons. The van der Waals surface area contributed by atoms with E-state index in [4.69, 9.17) is 18.0 Å². The van der Waals surface area contributed by atoms with Crippen LogP contribution in [0.15, 0.2) is 29.2 Å². The van der Waals surface area contributed by atoms with E-state index in [1.807, 2.05) is 0 Å². The molecule has 20 heavy (non-hydrogen) atoms. The van der Waals surface area contributed by atoms with Gasteiger partial charge in [0.2, 0.25) is 10.0 Å². The molecule has 0 spiro atoms. The van der Waals surface area contributed by atoms with Gasteiger partial charge in [0.05, 0.1) is 9.88 Å². The molecule has 0 aliphatic heterocycles. The van der Waals surface area contributed by atoms with Crippen LogP contribution in [0, 0.1) is 0 Å². The highest BCUT2D eigenvalue weighted by Crippen LogP contribution is 2.16. The molecule has 0 atom stereocenters. The lowest BCUT2D eigenvalue weighted by Crippen LogP contribution is -2.28. The van der Waals surface area contributed by atoms with Crippen molar-refractivity contribution in [1.29, 1.82) is 0 Å². The standard InChI is InChI=1S/C14H22N2O2S2/c1-3-4-5-10-16(2)20(17,18)13-8-6-12(7-9-13)11-14(15)19/h6-9H,3-5,10-11H2,1-2H3,(H2,15,19). The second-order valence-corrected chi connectivity index (χ2v) is 7.39. The zero-order chi connectivity index (χ0) is 15.2. The summed E-state index contributed by atoms with van der Waals surface area (Å²) in [6.07, 6.45) is 3.47. The molecule has 0 heterocycles. The molecule has 0 amide bonds. The van der Waals surface area contributed by atoms with Crippen LogP contribution in [0.1, 0.15) is 31.7 Å². The maximum atomic E-state index is 12.3. The first-order chi connectivity index (χ1) is 9.37. The first-order valence-corrected chi connectivity index (χ1v) is 8.56. The number of hydrogen-bond acceptors (Lipinski definition) is 3. The molecule has 1 rings (SSSR count). The largest absolute Gasteiger partial charge is 0.393 e. The number of rotatable bonds is 8. The lowest BCUT2D eigenvalue weighted by molar-refractivity contribution is 0.454. The van der Waals surface area contributed by atoms with E-state index in [2.05, 4.69) is 6.92 Å². The molecule has 0 aliphatic carbocycles. The summed E-state index contributed by atoms with van der Waals surface area (Å²) in [4.78, 5) is 0.709. The average Bonchev–Trinajstić information content (AvgIpc) is 2.38. The van der Waals surface area contributed by atoms with Crippen LogP contribution >= 0.6 is 12.2 Å². The normalized spacial score (nSPS) is 11.8. The number of benzene rings is 1. The van der Waals surface area contributed by atoms with Crippen LogP contribution < -0.4 is 5.73 Å². The SMILES string of the molecule is CCCCCN(C)S(=O)(=O)c1ccc(CC(N)=S)cc1. The Hall–Kier alpha value is -0.980. The van der Waals surface area contributed by atoms with E-state index in [1.54, 1.807) is 31.3 Å². The quantitative estimate of drug-likeness (QED) is 0.591. The molecule has 4 nitrogen and oxygen atoms in total. The Morgan fingerprint density at radius 3 is 2.35 bits per heavy atom. The molecule has 0 saturated heterocycles. The summed E-state index contributed by atoms with van der Waals surface area (Å²) in [7, 11) is -1.78. The topological polar surface area (TPSA) is 63.4 Å². The summed E-state index contributed by atoms with van der Waals surface area (Å²) < 4.78 is 26.1. The minimum Gasteiger partial charge on any atom is -0.393 e. The Kier molecular flexibility index (Phi) is 6.58. The van der Waals surface area contributed by atoms with Crippen molar-refractivity contribution in [2.24, 2.45) is 5.73 Å². The summed E-state index contributed by atoms with van der Waals surface area (Å²) in [6.45, 7) is 2.64. The van der Waals surface area contributed by atoms with Gasteiger partial charge in [-0.05, 0) is 24.1 Å². The van der Waals surface area contributed by atoms with E-state index >= 15 is 0 Å². The van der Waals surface area contributed by atoms with Crippen LogP contribution in [-0.2, 0) is 16.4 Å². The number of nitrogens with two attached hydrogens (primary N) is 1. The maximum Gasteiger partial charge on any atom is 0.242 e. The molecule has 1 aromatic carbocycles. The Bertz CT molecular complexity index is 539. The number of thiocarbonyl (C=S) groups is 1. The van der Waals surface area contributed by atoms with E-state index in [0.29, 0.717) is 22.8 Å². The zero-order valence-electron chi connectivity index (χ0n) is 12.0. The first kappa shape index (κ1) is 17.1. The third-order valence-corrected chi connectivity index (χ3v) is 5.10. The van der Waals surface area contributed by atoms with Gasteiger partial charge in [0, 0.05) is 20.0 Å². The summed E-state index contributed by atoms with van der Waals surface area (Å²) in [5.41, 5.74) is 6.39. The molecule has 0 saturated carbocycles. The lowest BCUT2D eigenvalue weighted by Gasteiger charge is -2.17. The van der Waals surface area contributed by atoms with Gasteiger partial charge in [-0.1, -0.05) is 44.1 Å². The number of nitrogens with zero attached hydrogens (tertiary/aromatic N) is 1. The van der Waals surface area contributed by atoms with Crippen LogP contribution in [0.2, 0.25) is 0 Å². The molecular formula is C14H22N2O2S2. The van der Waals surface area contributed by atoms with Crippen molar-refractivity contribution in [2.45, 2.75) is 37.5 Å². The minimum atomic E-state index is -3.40. The minimum absolute atomic E-state index is 0.309. The number of sulfonamides is 1. The summed E-state index contributed by atoms with van der Waals surface area (Å²) in [5, 5.41) is 0. The van der Waals surface area contributed by atoms with Crippen LogP contribution in [0.25, 0.3) is 0 Å². The summed E-state index contributed by atoms with van der Waals surface area (Å²) in [6, 6.07) is 6.73. The third-order valence-electron chi connectivity index (χ3n) is 3.09. The molecule has 0 aromatic heterocycles. The molecular weight excluding hydrogens is 292 g/mol. The van der Waals surface area contributed by atoms with E-state index < -0.39 is 10.0 Å². The highest BCUT2D eigenvalue weighted by molar-refractivity contribution is 7.89. The number of unbranched alkanes of at least 4 members (excludes halogenated alkanes) is 2. The predicted octanol–water partition coefficient (Wildman–Crippen LogP) is 2.33. The molecule has 6 heteroatoms. The fraction of sp³-hybridized carbons (Fsp3) is 0.500. The Balaban J connectivity index is 2.79. The average molecular weight is 314 g/mol. The van der Waals surface area contributed by atoms with Crippen LogP contribution in [0.4, 0.5) is 0 Å². The van der Waals surface area contributed by atoms with Crippen molar-refractivity contribution >= 4 is 27.2 Å². The fourth-order valence-corrected chi connectivity index (χ4v) is 3.24. The number of hydrogen-bond donors (Lipinski definition) is 1. The maximum absolute atomic E-state index is 12.3.